The second-order valence-electron chi connectivity index (χ2n) is 4.27. The van der Waals surface area contributed by atoms with Gasteiger partial charge in [0.25, 0.3) is 0 Å². The highest BCUT2D eigenvalue weighted by Gasteiger charge is 2.37. The van der Waals surface area contributed by atoms with E-state index >= 15 is 0 Å². The SMILES string of the molecule is O=C(O)C1CCC(N2C(=O)CNC2=O)CC1. The van der Waals surface area contributed by atoms with Crippen molar-refractivity contribution in [2.45, 2.75) is 31.7 Å². The minimum absolute atomic E-state index is 0.0672. The predicted molar refractivity (Wildman–Crippen MR) is 53.6 cm³/mol. The van der Waals surface area contributed by atoms with Crippen LogP contribution in [0.2, 0.25) is 0 Å². The van der Waals surface area contributed by atoms with Crippen molar-refractivity contribution >= 4 is 17.9 Å². The number of carbonyl (C=O) groups is 3. The summed E-state index contributed by atoms with van der Waals surface area (Å²) in [5.74, 6) is -1.31. The van der Waals surface area contributed by atoms with Crippen molar-refractivity contribution in [3.63, 3.8) is 0 Å². The number of hydrogen-bond donors (Lipinski definition) is 2. The van der Waals surface area contributed by atoms with Gasteiger partial charge in [0.2, 0.25) is 5.91 Å². The second-order valence-corrected chi connectivity index (χ2v) is 4.27. The quantitative estimate of drug-likeness (QED) is 0.658. The fourth-order valence-electron chi connectivity index (χ4n) is 2.39. The molecule has 1 heterocycles. The molecule has 0 atom stereocenters. The first kappa shape index (κ1) is 10.9. The van der Waals surface area contributed by atoms with Gasteiger partial charge in [-0.1, -0.05) is 0 Å². The van der Waals surface area contributed by atoms with Crippen LogP contribution in [-0.2, 0) is 9.59 Å². The number of carbonyl (C=O) groups excluding carboxylic acids is 2. The second kappa shape index (κ2) is 4.11. The summed E-state index contributed by atoms with van der Waals surface area (Å²) in [7, 11) is 0. The fourth-order valence-corrected chi connectivity index (χ4v) is 2.39. The monoisotopic (exact) mass is 226 g/mol. The molecule has 0 radical (unpaired) electrons. The lowest BCUT2D eigenvalue weighted by atomic mass is 9.85. The molecule has 2 N–H and O–H groups in total. The molecule has 0 unspecified atom stereocenters. The fraction of sp³-hybridized carbons (Fsp3) is 0.700. The van der Waals surface area contributed by atoms with Gasteiger partial charge in [-0.15, -0.1) is 0 Å². The summed E-state index contributed by atoms with van der Waals surface area (Å²) in [4.78, 5) is 34.8. The Balaban J connectivity index is 1.96. The average Bonchev–Trinajstić information content (AvgIpc) is 2.59. The number of nitrogens with zero attached hydrogens (tertiary/aromatic N) is 1. The zero-order valence-corrected chi connectivity index (χ0v) is 8.81. The topological polar surface area (TPSA) is 86.7 Å². The number of nitrogens with one attached hydrogen (secondary N) is 1. The summed E-state index contributed by atoms with van der Waals surface area (Å²) < 4.78 is 0. The zero-order valence-electron chi connectivity index (χ0n) is 8.81. The van der Waals surface area contributed by atoms with Crippen molar-refractivity contribution in [1.29, 1.82) is 0 Å². The molecule has 2 aliphatic rings. The van der Waals surface area contributed by atoms with Crippen molar-refractivity contribution in [3.05, 3.63) is 0 Å². The highest BCUT2D eigenvalue weighted by Crippen LogP contribution is 2.28. The molecule has 1 aliphatic carbocycles. The third-order valence-corrected chi connectivity index (χ3v) is 3.29. The summed E-state index contributed by atoms with van der Waals surface area (Å²) in [6, 6.07) is -0.464. The van der Waals surface area contributed by atoms with Gasteiger partial charge >= 0.3 is 12.0 Å². The van der Waals surface area contributed by atoms with Crippen molar-refractivity contribution in [1.82, 2.24) is 10.2 Å². The Hall–Kier alpha value is -1.59. The van der Waals surface area contributed by atoms with E-state index in [0.29, 0.717) is 25.7 Å². The molecule has 2 rings (SSSR count). The first-order chi connectivity index (χ1) is 7.59. The van der Waals surface area contributed by atoms with E-state index in [0.717, 1.165) is 0 Å². The lowest BCUT2D eigenvalue weighted by Crippen LogP contribution is -2.43. The lowest BCUT2D eigenvalue weighted by molar-refractivity contribution is -0.143. The number of amides is 3. The largest absolute Gasteiger partial charge is 0.481 e. The van der Waals surface area contributed by atoms with Crippen LogP contribution in [0.5, 0.6) is 0 Å². The molecule has 3 amide bonds. The number of rotatable bonds is 2. The Kier molecular flexibility index (Phi) is 2.80. The van der Waals surface area contributed by atoms with Crippen molar-refractivity contribution in [2.24, 2.45) is 5.92 Å². The van der Waals surface area contributed by atoms with Crippen molar-refractivity contribution < 1.29 is 19.5 Å². The Labute approximate surface area is 92.6 Å². The van der Waals surface area contributed by atoms with Gasteiger partial charge in [0.15, 0.2) is 0 Å². The molecule has 16 heavy (non-hydrogen) atoms. The molecule has 2 fully saturated rings. The van der Waals surface area contributed by atoms with E-state index in [1.807, 2.05) is 0 Å². The van der Waals surface area contributed by atoms with E-state index in [4.69, 9.17) is 5.11 Å². The maximum absolute atomic E-state index is 11.4. The van der Waals surface area contributed by atoms with Crippen LogP contribution in [0.1, 0.15) is 25.7 Å². The maximum Gasteiger partial charge on any atom is 0.324 e. The van der Waals surface area contributed by atoms with Gasteiger partial charge in [-0.25, -0.2) is 4.79 Å². The van der Waals surface area contributed by atoms with Crippen LogP contribution < -0.4 is 5.32 Å². The van der Waals surface area contributed by atoms with Crippen molar-refractivity contribution in [3.8, 4) is 0 Å². The number of carboxylic acids is 1. The highest BCUT2D eigenvalue weighted by atomic mass is 16.4. The van der Waals surface area contributed by atoms with Gasteiger partial charge in [-0.2, -0.15) is 0 Å². The van der Waals surface area contributed by atoms with E-state index < -0.39 is 5.97 Å². The van der Waals surface area contributed by atoms with Crippen LogP contribution in [0.4, 0.5) is 4.79 Å². The molecule has 0 bridgehead atoms. The van der Waals surface area contributed by atoms with E-state index in [1.165, 1.54) is 4.90 Å². The third-order valence-electron chi connectivity index (χ3n) is 3.29. The lowest BCUT2D eigenvalue weighted by Gasteiger charge is -2.31. The molecule has 0 aromatic carbocycles. The summed E-state index contributed by atoms with van der Waals surface area (Å²) in [5.41, 5.74) is 0. The maximum atomic E-state index is 11.4. The van der Waals surface area contributed by atoms with Gasteiger partial charge in [-0.05, 0) is 25.7 Å². The van der Waals surface area contributed by atoms with E-state index in [9.17, 15) is 14.4 Å². The smallest absolute Gasteiger partial charge is 0.324 e. The third kappa shape index (κ3) is 1.87. The van der Waals surface area contributed by atoms with E-state index in [1.54, 1.807) is 0 Å². The van der Waals surface area contributed by atoms with Gasteiger partial charge in [-0.3, -0.25) is 14.5 Å². The molecule has 6 heteroatoms. The molecular weight excluding hydrogens is 212 g/mol. The van der Waals surface area contributed by atoms with Gasteiger partial charge in [0, 0.05) is 6.04 Å². The minimum Gasteiger partial charge on any atom is -0.481 e. The van der Waals surface area contributed by atoms with Crippen LogP contribution in [0.15, 0.2) is 0 Å². The first-order valence-corrected chi connectivity index (χ1v) is 5.42. The summed E-state index contributed by atoms with van der Waals surface area (Å²) in [6.45, 7) is 0.0672. The molecule has 0 aromatic rings. The zero-order chi connectivity index (χ0) is 11.7. The number of aliphatic carboxylic acids is 1. The minimum atomic E-state index is -0.782. The number of urea groups is 1. The summed E-state index contributed by atoms with van der Waals surface area (Å²) >= 11 is 0. The molecular formula is C10H14N2O4. The Bertz CT molecular complexity index is 318. The van der Waals surface area contributed by atoms with Crippen LogP contribution in [0.25, 0.3) is 0 Å². The molecule has 0 spiro atoms. The van der Waals surface area contributed by atoms with Crippen molar-refractivity contribution in [2.75, 3.05) is 6.54 Å². The first-order valence-electron chi connectivity index (χ1n) is 5.42. The Morgan fingerprint density at radius 2 is 1.88 bits per heavy atom. The normalized spacial score (nSPS) is 30.4. The molecule has 0 aromatic heterocycles. The van der Waals surface area contributed by atoms with Gasteiger partial charge in [0.05, 0.1) is 12.5 Å². The summed E-state index contributed by atoms with van der Waals surface area (Å²) in [5, 5.41) is 11.3. The number of imide groups is 1. The molecule has 1 aliphatic heterocycles. The highest BCUT2D eigenvalue weighted by molar-refractivity contribution is 6.02. The molecule has 1 saturated heterocycles. The van der Waals surface area contributed by atoms with Gasteiger partial charge < -0.3 is 10.4 Å². The van der Waals surface area contributed by atoms with Gasteiger partial charge in [0.1, 0.15) is 0 Å². The Morgan fingerprint density at radius 3 is 2.31 bits per heavy atom. The molecule has 6 nitrogen and oxygen atoms in total. The predicted octanol–water partition coefficient (Wildman–Crippen LogP) is 0.182. The van der Waals surface area contributed by atoms with E-state index in [2.05, 4.69) is 5.32 Å². The number of hydrogen-bond acceptors (Lipinski definition) is 3. The van der Waals surface area contributed by atoms with Crippen LogP contribution >= 0.6 is 0 Å². The van der Waals surface area contributed by atoms with Crippen LogP contribution in [-0.4, -0.2) is 40.5 Å². The molecule has 1 saturated carbocycles. The molecule has 88 valence electrons. The average molecular weight is 226 g/mol. The Morgan fingerprint density at radius 1 is 1.25 bits per heavy atom. The van der Waals surface area contributed by atoms with Crippen LogP contribution in [0.3, 0.4) is 0 Å². The van der Waals surface area contributed by atoms with Crippen LogP contribution in [0, 0.1) is 5.92 Å². The summed E-state index contributed by atoms with van der Waals surface area (Å²) in [6.07, 6.45) is 2.26. The number of carboxylic acid groups (broad SMARTS) is 1. The standard InChI is InChI=1S/C10H14N2O4/c13-8-5-11-10(16)12(8)7-3-1-6(2-4-7)9(14)15/h6-7H,1-5H2,(H,11,16)(H,14,15). The van der Waals surface area contributed by atoms with E-state index in [-0.39, 0.29) is 30.4 Å².